The first-order valence-corrected chi connectivity index (χ1v) is 7.81. The van der Waals surface area contributed by atoms with Crippen LogP contribution in [0.3, 0.4) is 0 Å². The van der Waals surface area contributed by atoms with E-state index in [1.54, 1.807) is 0 Å². The van der Waals surface area contributed by atoms with E-state index in [0.717, 1.165) is 27.9 Å². The van der Waals surface area contributed by atoms with Crippen molar-refractivity contribution in [2.75, 3.05) is 6.54 Å². The summed E-state index contributed by atoms with van der Waals surface area (Å²) in [5, 5.41) is 3.59. The van der Waals surface area contributed by atoms with E-state index in [1.807, 2.05) is 39.0 Å². The molecule has 0 radical (unpaired) electrons. The van der Waals surface area contributed by atoms with Crippen molar-refractivity contribution in [3.63, 3.8) is 0 Å². The monoisotopic (exact) mass is 359 g/mol. The van der Waals surface area contributed by atoms with Gasteiger partial charge < -0.3 is 10.1 Å². The predicted molar refractivity (Wildman–Crippen MR) is 84.3 cm³/mol. The molecular weight excluding hydrogens is 342 g/mol. The molecule has 0 bridgehead atoms. The van der Waals surface area contributed by atoms with Gasteiger partial charge in [-0.3, -0.25) is 0 Å². The second-order valence-corrected chi connectivity index (χ2v) is 7.58. The van der Waals surface area contributed by atoms with Crippen LogP contribution in [-0.2, 0) is 10.2 Å². The van der Waals surface area contributed by atoms with Crippen molar-refractivity contribution >= 4 is 33.6 Å². The number of halogens is 2. The molecule has 1 aliphatic rings. The van der Waals surface area contributed by atoms with Crippen molar-refractivity contribution in [3.05, 3.63) is 33.3 Å². The minimum absolute atomic E-state index is 0.0330. The van der Waals surface area contributed by atoms with Crippen molar-refractivity contribution in [3.8, 4) is 0 Å². The van der Waals surface area contributed by atoms with E-state index in [1.165, 1.54) is 0 Å². The number of amides is 1. The summed E-state index contributed by atoms with van der Waals surface area (Å²) in [4.78, 5) is 11.7. The lowest BCUT2D eigenvalue weighted by molar-refractivity contribution is 0.0522. The second kappa shape index (κ2) is 5.57. The van der Waals surface area contributed by atoms with Gasteiger partial charge in [0.25, 0.3) is 0 Å². The number of benzene rings is 1. The molecule has 0 spiro atoms. The van der Waals surface area contributed by atoms with Crippen LogP contribution in [0.25, 0.3) is 0 Å². The molecule has 1 aliphatic carbocycles. The average molecular weight is 361 g/mol. The number of carbonyl (C=O) groups excluding carboxylic acids is 1. The summed E-state index contributed by atoms with van der Waals surface area (Å²) in [6.45, 7) is 6.12. The number of carbonyl (C=O) groups is 1. The Morgan fingerprint density at radius 1 is 1.45 bits per heavy atom. The van der Waals surface area contributed by atoms with Gasteiger partial charge in [-0.15, -0.1) is 0 Å². The Morgan fingerprint density at radius 2 is 2.10 bits per heavy atom. The lowest BCUT2D eigenvalue weighted by atomic mass is 9.96. The largest absolute Gasteiger partial charge is 0.444 e. The minimum atomic E-state index is -0.476. The Morgan fingerprint density at radius 3 is 2.60 bits per heavy atom. The van der Waals surface area contributed by atoms with Gasteiger partial charge in [-0.2, -0.15) is 0 Å². The van der Waals surface area contributed by atoms with Gasteiger partial charge >= 0.3 is 6.09 Å². The number of ether oxygens (including phenoxy) is 1. The van der Waals surface area contributed by atoms with Gasteiger partial charge in [-0.1, -0.05) is 33.6 Å². The molecule has 1 aromatic rings. The topological polar surface area (TPSA) is 38.3 Å². The summed E-state index contributed by atoms with van der Waals surface area (Å²) in [7, 11) is 0. The third kappa shape index (κ3) is 3.89. The van der Waals surface area contributed by atoms with E-state index in [2.05, 4.69) is 21.2 Å². The summed E-state index contributed by atoms with van der Waals surface area (Å²) in [6.07, 6.45) is 1.69. The van der Waals surface area contributed by atoms with Crippen LogP contribution in [0.5, 0.6) is 0 Å². The molecule has 0 saturated heterocycles. The number of alkyl carbamates (subject to hydrolysis) is 1. The molecule has 1 fully saturated rings. The maximum absolute atomic E-state index is 11.7. The smallest absolute Gasteiger partial charge is 0.407 e. The lowest BCUT2D eigenvalue weighted by Gasteiger charge is -2.22. The van der Waals surface area contributed by atoms with Crippen molar-refractivity contribution in [2.24, 2.45) is 0 Å². The number of nitrogens with one attached hydrogen (secondary N) is 1. The third-order valence-electron chi connectivity index (χ3n) is 3.33. The van der Waals surface area contributed by atoms with Crippen LogP contribution in [0, 0.1) is 0 Å². The highest BCUT2D eigenvalue weighted by Crippen LogP contribution is 2.50. The van der Waals surface area contributed by atoms with Gasteiger partial charge in [0.05, 0.1) is 0 Å². The van der Waals surface area contributed by atoms with Gasteiger partial charge in [0.15, 0.2) is 0 Å². The van der Waals surface area contributed by atoms with Crippen molar-refractivity contribution in [1.29, 1.82) is 0 Å². The van der Waals surface area contributed by atoms with Gasteiger partial charge in [-0.05, 0) is 51.3 Å². The second-order valence-electron chi connectivity index (χ2n) is 6.26. The maximum atomic E-state index is 11.7. The highest BCUT2D eigenvalue weighted by atomic mass is 79.9. The number of rotatable bonds is 3. The van der Waals surface area contributed by atoms with Crippen LogP contribution in [-0.4, -0.2) is 18.2 Å². The van der Waals surface area contributed by atoms with Crippen LogP contribution in [0.1, 0.15) is 39.2 Å². The molecule has 0 heterocycles. The SMILES string of the molecule is CC(C)(C)OC(=O)NCC1(c2ccc(Br)cc2Cl)CC1. The molecule has 0 aromatic heterocycles. The van der Waals surface area contributed by atoms with Gasteiger partial charge in [0.1, 0.15) is 5.60 Å². The summed E-state index contributed by atoms with van der Waals surface area (Å²) in [5.74, 6) is 0. The molecule has 1 aromatic carbocycles. The van der Waals surface area contributed by atoms with E-state index < -0.39 is 5.60 Å². The summed E-state index contributed by atoms with van der Waals surface area (Å²) >= 11 is 9.71. The first kappa shape index (κ1) is 15.6. The molecule has 20 heavy (non-hydrogen) atoms. The molecular formula is C15H19BrClNO2. The lowest BCUT2D eigenvalue weighted by Crippen LogP contribution is -2.37. The highest BCUT2D eigenvalue weighted by Gasteiger charge is 2.45. The highest BCUT2D eigenvalue weighted by molar-refractivity contribution is 9.10. The Bertz CT molecular complexity index is 521. The van der Waals surface area contributed by atoms with Crippen LogP contribution >= 0.6 is 27.5 Å². The molecule has 0 aliphatic heterocycles. The van der Waals surface area contributed by atoms with Crippen molar-refractivity contribution < 1.29 is 9.53 Å². The zero-order valence-electron chi connectivity index (χ0n) is 11.9. The summed E-state index contributed by atoms with van der Waals surface area (Å²) < 4.78 is 6.22. The zero-order valence-corrected chi connectivity index (χ0v) is 14.3. The summed E-state index contributed by atoms with van der Waals surface area (Å²) in [6, 6.07) is 5.90. The van der Waals surface area contributed by atoms with Crippen LogP contribution in [0.4, 0.5) is 4.79 Å². The Labute approximate surface area is 133 Å². The fraction of sp³-hybridized carbons (Fsp3) is 0.533. The maximum Gasteiger partial charge on any atom is 0.407 e. The Hall–Kier alpha value is -0.740. The molecule has 1 N–H and O–H groups in total. The van der Waals surface area contributed by atoms with Crippen LogP contribution in [0.15, 0.2) is 22.7 Å². The van der Waals surface area contributed by atoms with E-state index in [9.17, 15) is 4.79 Å². The van der Waals surface area contributed by atoms with Crippen LogP contribution < -0.4 is 5.32 Å². The third-order valence-corrected chi connectivity index (χ3v) is 4.13. The first-order valence-electron chi connectivity index (χ1n) is 6.64. The molecule has 110 valence electrons. The fourth-order valence-electron chi connectivity index (χ4n) is 2.17. The van der Waals surface area contributed by atoms with E-state index >= 15 is 0 Å². The number of hydrogen-bond donors (Lipinski definition) is 1. The average Bonchev–Trinajstić information content (AvgIpc) is 3.05. The number of hydrogen-bond acceptors (Lipinski definition) is 2. The standard InChI is InChI=1S/C15H19BrClNO2/c1-14(2,3)20-13(19)18-9-15(6-7-15)11-5-4-10(16)8-12(11)17/h4-5,8H,6-7,9H2,1-3H3,(H,18,19). The molecule has 0 atom stereocenters. The quantitative estimate of drug-likeness (QED) is 0.851. The molecule has 3 nitrogen and oxygen atoms in total. The first-order chi connectivity index (χ1) is 9.22. The van der Waals surface area contributed by atoms with E-state index in [0.29, 0.717) is 6.54 Å². The van der Waals surface area contributed by atoms with Gasteiger partial charge in [0, 0.05) is 21.5 Å². The Balaban J connectivity index is 2.00. The normalized spacial score (nSPS) is 16.6. The molecule has 5 heteroatoms. The van der Waals surface area contributed by atoms with Gasteiger partial charge in [-0.25, -0.2) is 4.79 Å². The fourth-order valence-corrected chi connectivity index (χ4v) is 3.04. The van der Waals surface area contributed by atoms with Crippen LogP contribution in [0.2, 0.25) is 5.02 Å². The van der Waals surface area contributed by atoms with E-state index in [4.69, 9.17) is 16.3 Å². The van der Waals surface area contributed by atoms with Crippen molar-refractivity contribution in [2.45, 2.75) is 44.6 Å². The Kier molecular flexibility index (Phi) is 4.35. The van der Waals surface area contributed by atoms with Gasteiger partial charge in [0.2, 0.25) is 0 Å². The minimum Gasteiger partial charge on any atom is -0.444 e. The van der Waals surface area contributed by atoms with Crippen molar-refractivity contribution in [1.82, 2.24) is 5.32 Å². The molecule has 1 amide bonds. The predicted octanol–water partition coefficient (Wildman–Crippen LogP) is 4.66. The molecule has 0 unspecified atom stereocenters. The molecule has 2 rings (SSSR count). The zero-order chi connectivity index (χ0) is 15.0. The molecule has 1 saturated carbocycles. The summed E-state index contributed by atoms with van der Waals surface area (Å²) in [5.41, 5.74) is 0.587. The van der Waals surface area contributed by atoms with E-state index in [-0.39, 0.29) is 11.5 Å².